The first kappa shape index (κ1) is 49.9. The van der Waals surface area contributed by atoms with Crippen LogP contribution in [0, 0.1) is 13.8 Å². The molecule has 4 aromatic carbocycles. The number of ketones is 1. The van der Waals surface area contributed by atoms with Crippen molar-refractivity contribution in [3.63, 3.8) is 0 Å². The van der Waals surface area contributed by atoms with E-state index in [4.69, 9.17) is 63.0 Å². The highest BCUT2D eigenvalue weighted by atomic mass is 35.5. The molecule has 69 heavy (non-hydrogen) atoms. The lowest BCUT2D eigenvalue weighted by atomic mass is 9.93. The standard InChI is InChI=1S/C52H48Cl5N7O4S/c1-29-30(2)69-52-47(29)48(35-14-16-38(53)17-15-35)60-44(50-62-61-31(3)64(50)52)26-46(66)58-21-7-10-45(65)59-43(20-13-32-8-5-4-6-9-32)51(68)63-27-36(22-33-11-18-39(54)41(56)24-33)49(67)37(28-63)23-34-12-19-40(55)42(57)25-34/h4-6,8-9,11-12,14-19,22-25,43-44,50,62H,7,10,13,20-21,26-28H2,1-3H3,(H,58,66)(H,59,65)/b36-22+,37-23+/t43-,44-,50?/m0/s1. The SMILES string of the molecule is CC1=NNC2[C@H](CC(=O)NCCCC(=O)N[C@@H](CCc3ccccc3)C(=O)N3C/C(=C\c4ccc(Cl)c(Cl)c4)C(=O)/C(=C/c4ccc(Cl)c(Cl)c4)C3)N=C(c3ccc(Cl)cc3)c3c(sc(C)c3C)N12. The predicted octanol–water partition coefficient (Wildman–Crippen LogP) is 10.9. The van der Waals surface area contributed by atoms with Crippen LogP contribution in [0.4, 0.5) is 5.00 Å². The van der Waals surface area contributed by atoms with Gasteiger partial charge in [-0.1, -0.05) is 113 Å². The number of aryl methyl sites for hydroxylation is 2. The minimum atomic E-state index is -0.927. The number of anilines is 1. The van der Waals surface area contributed by atoms with Gasteiger partial charge in [-0.2, -0.15) is 5.10 Å². The highest BCUT2D eigenvalue weighted by molar-refractivity contribution is 7.17. The van der Waals surface area contributed by atoms with Crippen LogP contribution in [0.5, 0.6) is 0 Å². The zero-order chi connectivity index (χ0) is 48.9. The molecular weight excluding hydrogens is 996 g/mol. The van der Waals surface area contributed by atoms with Crippen LogP contribution in [0.2, 0.25) is 25.1 Å². The minimum Gasteiger partial charge on any atom is -0.356 e. The van der Waals surface area contributed by atoms with Crippen LogP contribution in [0.25, 0.3) is 12.2 Å². The van der Waals surface area contributed by atoms with Crippen molar-refractivity contribution in [2.75, 3.05) is 24.5 Å². The average Bonchev–Trinajstić information content (AvgIpc) is 3.81. The summed E-state index contributed by atoms with van der Waals surface area (Å²) < 4.78 is 0. The molecule has 0 spiro atoms. The van der Waals surface area contributed by atoms with E-state index < -0.39 is 18.2 Å². The lowest BCUT2D eigenvalue weighted by Crippen LogP contribution is -2.52. The van der Waals surface area contributed by atoms with Crippen molar-refractivity contribution in [2.24, 2.45) is 10.1 Å². The van der Waals surface area contributed by atoms with Crippen LogP contribution < -0.4 is 21.0 Å². The Morgan fingerprint density at radius 2 is 1.46 bits per heavy atom. The van der Waals surface area contributed by atoms with Gasteiger partial charge in [-0.15, -0.1) is 11.3 Å². The normalized spacial score (nSPS) is 18.2. The highest BCUT2D eigenvalue weighted by Gasteiger charge is 2.41. The summed E-state index contributed by atoms with van der Waals surface area (Å²) in [5, 5.41) is 13.5. The number of thiophene rings is 1. The second-order valence-corrected chi connectivity index (χ2v) is 20.4. The van der Waals surface area contributed by atoms with Gasteiger partial charge >= 0.3 is 0 Å². The number of amides is 3. The van der Waals surface area contributed by atoms with Gasteiger partial charge in [0.1, 0.15) is 23.0 Å². The number of likely N-dealkylation sites (tertiary alicyclic amines) is 1. The monoisotopic (exact) mass is 1040 g/mol. The molecule has 3 atom stereocenters. The summed E-state index contributed by atoms with van der Waals surface area (Å²) in [4.78, 5) is 66.3. The zero-order valence-corrected chi connectivity index (χ0v) is 42.5. The third-order valence-corrected chi connectivity index (χ3v) is 15.2. The highest BCUT2D eigenvalue weighted by Crippen LogP contribution is 2.42. The summed E-state index contributed by atoms with van der Waals surface area (Å²) in [6, 6.07) is 25.9. The number of rotatable bonds is 14. The Labute approximate surface area is 430 Å². The fourth-order valence-electron chi connectivity index (χ4n) is 8.59. The van der Waals surface area contributed by atoms with E-state index in [0.29, 0.717) is 66.6 Å². The van der Waals surface area contributed by atoms with Crippen LogP contribution >= 0.6 is 69.3 Å². The molecule has 1 fully saturated rings. The first-order valence-electron chi connectivity index (χ1n) is 22.4. The van der Waals surface area contributed by atoms with E-state index in [-0.39, 0.29) is 56.0 Å². The molecule has 8 rings (SSSR count). The largest absolute Gasteiger partial charge is 0.356 e. The Kier molecular flexibility index (Phi) is 16.0. The van der Waals surface area contributed by atoms with E-state index in [1.807, 2.05) is 61.5 Å². The van der Waals surface area contributed by atoms with E-state index in [1.165, 1.54) is 4.88 Å². The molecule has 1 aromatic heterocycles. The summed E-state index contributed by atoms with van der Waals surface area (Å²) in [7, 11) is 0. The van der Waals surface area contributed by atoms with Gasteiger partial charge < -0.3 is 15.5 Å². The molecule has 0 saturated carbocycles. The number of aliphatic imine (C=N–C) groups is 1. The van der Waals surface area contributed by atoms with E-state index in [1.54, 1.807) is 64.8 Å². The van der Waals surface area contributed by atoms with E-state index in [9.17, 15) is 19.2 Å². The maximum atomic E-state index is 14.7. The van der Waals surface area contributed by atoms with Crippen molar-refractivity contribution >= 4 is 122 Å². The topological polar surface area (TPSA) is 136 Å². The molecule has 17 heteroatoms. The summed E-state index contributed by atoms with van der Waals surface area (Å²) in [6.07, 6.45) is 4.22. The molecule has 3 amide bonds. The summed E-state index contributed by atoms with van der Waals surface area (Å²) in [5.41, 5.74) is 9.98. The van der Waals surface area contributed by atoms with Gasteiger partial charge in [0, 0.05) is 58.2 Å². The number of benzene rings is 4. The van der Waals surface area contributed by atoms with E-state index >= 15 is 0 Å². The van der Waals surface area contributed by atoms with Crippen molar-refractivity contribution < 1.29 is 19.2 Å². The molecule has 4 heterocycles. The molecule has 3 N–H and O–H groups in total. The smallest absolute Gasteiger partial charge is 0.245 e. The van der Waals surface area contributed by atoms with Crippen LogP contribution in [-0.2, 0) is 25.6 Å². The molecule has 356 valence electrons. The van der Waals surface area contributed by atoms with Gasteiger partial charge in [-0.25, -0.2) is 0 Å². The van der Waals surface area contributed by atoms with E-state index in [0.717, 1.165) is 38.8 Å². The fourth-order valence-corrected chi connectivity index (χ4v) is 10.6. The second kappa shape index (κ2) is 22.1. The maximum Gasteiger partial charge on any atom is 0.245 e. The fraction of sp³-hybridized carbons (Fsp3) is 0.269. The van der Waals surface area contributed by atoms with Gasteiger partial charge in [0.2, 0.25) is 17.7 Å². The molecule has 0 aliphatic carbocycles. The molecule has 0 radical (unpaired) electrons. The Balaban J connectivity index is 0.962. The van der Waals surface area contributed by atoms with Crippen LogP contribution in [-0.4, -0.2) is 77.8 Å². The molecule has 0 bridgehead atoms. The molecule has 1 unspecified atom stereocenters. The van der Waals surface area contributed by atoms with Gasteiger partial charge in [0.05, 0.1) is 38.3 Å². The first-order chi connectivity index (χ1) is 33.1. The predicted molar refractivity (Wildman–Crippen MR) is 281 cm³/mol. The van der Waals surface area contributed by atoms with Crippen molar-refractivity contribution in [1.82, 2.24) is 21.0 Å². The lowest BCUT2D eigenvalue weighted by molar-refractivity contribution is -0.136. The number of nitrogens with one attached hydrogen (secondary N) is 3. The van der Waals surface area contributed by atoms with Gasteiger partial charge in [0.15, 0.2) is 5.78 Å². The van der Waals surface area contributed by atoms with Gasteiger partial charge in [-0.05, 0) is 111 Å². The summed E-state index contributed by atoms with van der Waals surface area (Å²) in [5.74, 6) is -0.401. The Morgan fingerprint density at radius 3 is 2.09 bits per heavy atom. The number of piperidine rings is 1. The number of amidine groups is 1. The van der Waals surface area contributed by atoms with Crippen molar-refractivity contribution in [3.8, 4) is 0 Å². The van der Waals surface area contributed by atoms with Crippen molar-refractivity contribution in [2.45, 2.75) is 71.1 Å². The number of carbonyl (C=O) groups excluding carboxylic acids is 4. The Hall–Kier alpha value is -5.47. The van der Waals surface area contributed by atoms with Gasteiger partial charge in [-0.3, -0.25) is 34.5 Å². The average molecular weight is 1040 g/mol. The number of nitrogens with zero attached hydrogens (tertiary/aromatic N) is 4. The number of hydrogen-bond acceptors (Lipinski definition) is 9. The van der Waals surface area contributed by atoms with Crippen LogP contribution in [0.1, 0.15) is 70.9 Å². The van der Waals surface area contributed by atoms with Crippen LogP contribution in [0.15, 0.2) is 112 Å². The van der Waals surface area contributed by atoms with Gasteiger partial charge in [0.25, 0.3) is 0 Å². The molecule has 11 nitrogen and oxygen atoms in total. The molecule has 3 aliphatic rings. The van der Waals surface area contributed by atoms with Crippen molar-refractivity contribution in [1.29, 1.82) is 0 Å². The lowest BCUT2D eigenvalue weighted by Gasteiger charge is -2.33. The number of halogens is 5. The first-order valence-corrected chi connectivity index (χ1v) is 25.1. The minimum absolute atomic E-state index is 0.0140. The van der Waals surface area contributed by atoms with E-state index in [2.05, 4.69) is 39.9 Å². The Morgan fingerprint density at radius 1 is 0.826 bits per heavy atom. The second-order valence-electron chi connectivity index (χ2n) is 17.1. The number of hydrogen-bond donors (Lipinski definition) is 3. The summed E-state index contributed by atoms with van der Waals surface area (Å²) in [6.45, 7) is 6.31. The Bertz CT molecular complexity index is 2860. The molecular formula is C52H48Cl5N7O4S. The zero-order valence-electron chi connectivity index (χ0n) is 37.9. The quantitative estimate of drug-likeness (QED) is 0.0749. The molecule has 3 aliphatic heterocycles. The third kappa shape index (κ3) is 11.8. The molecule has 5 aromatic rings. The number of hydrazone groups is 1. The number of carbonyl (C=O) groups is 4. The van der Waals surface area contributed by atoms with Crippen molar-refractivity contribution in [3.05, 3.63) is 166 Å². The number of Topliss-reactive ketones (excluding diaryl/α,β-unsaturated/α-hetero) is 1. The summed E-state index contributed by atoms with van der Waals surface area (Å²) >= 11 is 33.0. The van der Waals surface area contributed by atoms with Crippen LogP contribution in [0.3, 0.4) is 0 Å². The third-order valence-electron chi connectivity index (χ3n) is 12.3. The molecule has 1 saturated heterocycles. The maximum absolute atomic E-state index is 14.7. The number of fused-ring (bicyclic) bond motifs is 3.